The lowest BCUT2D eigenvalue weighted by Gasteiger charge is -2.11. The molecule has 0 aliphatic carbocycles. The van der Waals surface area contributed by atoms with E-state index in [1.165, 1.54) is 12.3 Å². The zero-order valence-corrected chi connectivity index (χ0v) is 14.1. The molecule has 1 N–H and O–H groups in total. The fourth-order valence-electron chi connectivity index (χ4n) is 2.41. The predicted molar refractivity (Wildman–Crippen MR) is 93.4 cm³/mol. The normalized spacial score (nSPS) is 10.4. The second-order valence-corrected chi connectivity index (χ2v) is 5.60. The average Bonchev–Trinajstić information content (AvgIpc) is 3.20. The molecule has 27 heavy (non-hydrogen) atoms. The number of Topliss-reactive ketones (excluding diaryl/α,β-unsaturated/α-hetero) is 1. The largest absolute Gasteiger partial charge is 0.467 e. The van der Waals surface area contributed by atoms with E-state index in [0.717, 1.165) is 18.2 Å². The summed E-state index contributed by atoms with van der Waals surface area (Å²) in [5.74, 6) is -2.55. The van der Waals surface area contributed by atoms with Gasteiger partial charge >= 0.3 is 5.97 Å². The zero-order chi connectivity index (χ0) is 19.2. The number of benzene rings is 2. The number of hydrogen-bond acceptors (Lipinski definition) is 5. The van der Waals surface area contributed by atoms with E-state index in [4.69, 9.17) is 9.15 Å². The first-order valence-electron chi connectivity index (χ1n) is 8.05. The smallest absolute Gasteiger partial charge is 0.340 e. The Labute approximate surface area is 153 Å². The molecule has 0 spiro atoms. The predicted octanol–water partition coefficient (Wildman–Crippen LogP) is 4.21. The van der Waals surface area contributed by atoms with Crippen LogP contribution in [0.5, 0.6) is 0 Å². The molecular formula is C20H15F2NO4. The number of esters is 1. The van der Waals surface area contributed by atoms with Crippen molar-refractivity contribution in [2.45, 2.75) is 6.54 Å². The first-order chi connectivity index (χ1) is 13.0. The molecule has 2 aromatic carbocycles. The molecule has 0 radical (unpaired) electrons. The van der Waals surface area contributed by atoms with Crippen LogP contribution in [0, 0.1) is 11.6 Å². The Balaban J connectivity index is 1.65. The summed E-state index contributed by atoms with van der Waals surface area (Å²) in [6, 6.07) is 12.6. The van der Waals surface area contributed by atoms with Crippen LogP contribution in [0.3, 0.4) is 0 Å². The number of ether oxygens (including phenoxy) is 1. The number of carbonyl (C=O) groups excluding carboxylic acids is 2. The molecule has 5 nitrogen and oxygen atoms in total. The van der Waals surface area contributed by atoms with Crippen LogP contribution < -0.4 is 5.32 Å². The number of anilines is 1. The molecule has 1 heterocycles. The molecule has 3 rings (SSSR count). The molecule has 0 aliphatic rings. The van der Waals surface area contributed by atoms with Crippen molar-refractivity contribution in [2.24, 2.45) is 0 Å². The summed E-state index contributed by atoms with van der Waals surface area (Å²) in [5, 5.41) is 3.04. The van der Waals surface area contributed by atoms with E-state index in [9.17, 15) is 18.4 Å². The number of halogens is 2. The van der Waals surface area contributed by atoms with Crippen LogP contribution in [0.25, 0.3) is 0 Å². The topological polar surface area (TPSA) is 68.5 Å². The summed E-state index contributed by atoms with van der Waals surface area (Å²) in [4.78, 5) is 24.3. The van der Waals surface area contributed by atoms with Gasteiger partial charge in [0, 0.05) is 5.69 Å². The summed E-state index contributed by atoms with van der Waals surface area (Å²) in [5.41, 5.74) is 0.229. The van der Waals surface area contributed by atoms with E-state index in [-0.39, 0.29) is 5.56 Å². The van der Waals surface area contributed by atoms with Crippen LogP contribution in [0.4, 0.5) is 14.5 Å². The Hall–Kier alpha value is -3.48. The van der Waals surface area contributed by atoms with Gasteiger partial charge in [-0.15, -0.1) is 0 Å². The Morgan fingerprint density at radius 2 is 1.81 bits per heavy atom. The number of rotatable bonds is 7. The van der Waals surface area contributed by atoms with Crippen molar-refractivity contribution in [3.63, 3.8) is 0 Å². The number of ketones is 1. The van der Waals surface area contributed by atoms with Gasteiger partial charge in [0.25, 0.3) is 0 Å². The minimum Gasteiger partial charge on any atom is -0.467 e. The van der Waals surface area contributed by atoms with E-state index in [2.05, 4.69) is 5.32 Å². The number of hydrogen-bond donors (Lipinski definition) is 1. The van der Waals surface area contributed by atoms with Crippen molar-refractivity contribution in [3.05, 3.63) is 89.4 Å². The summed E-state index contributed by atoms with van der Waals surface area (Å²) < 4.78 is 37.0. The highest BCUT2D eigenvalue weighted by Gasteiger charge is 2.18. The molecule has 7 heteroatoms. The zero-order valence-electron chi connectivity index (χ0n) is 14.1. The number of carbonyl (C=O) groups is 2. The van der Waals surface area contributed by atoms with E-state index in [0.29, 0.717) is 18.0 Å². The Morgan fingerprint density at radius 1 is 1.00 bits per heavy atom. The monoisotopic (exact) mass is 371 g/mol. The Bertz CT molecular complexity index is 954. The lowest BCUT2D eigenvalue weighted by Crippen LogP contribution is -2.17. The molecule has 138 valence electrons. The molecule has 0 unspecified atom stereocenters. The molecule has 3 aromatic rings. The van der Waals surface area contributed by atoms with Gasteiger partial charge in [-0.2, -0.15) is 0 Å². The van der Waals surface area contributed by atoms with Crippen molar-refractivity contribution >= 4 is 17.4 Å². The number of furan rings is 1. The summed E-state index contributed by atoms with van der Waals surface area (Å²) in [6.07, 6.45) is 1.54. The molecule has 0 fully saturated rings. The molecule has 0 saturated heterocycles. The quantitative estimate of drug-likeness (QED) is 0.498. The van der Waals surface area contributed by atoms with E-state index in [1.807, 2.05) is 0 Å². The van der Waals surface area contributed by atoms with Crippen molar-refractivity contribution in [1.82, 2.24) is 0 Å². The fraction of sp³-hybridized carbons (Fsp3) is 0.100. The lowest BCUT2D eigenvalue weighted by molar-refractivity contribution is 0.0474. The third kappa shape index (κ3) is 4.58. The summed E-state index contributed by atoms with van der Waals surface area (Å²) in [7, 11) is 0. The van der Waals surface area contributed by atoms with Crippen LogP contribution in [-0.2, 0) is 11.3 Å². The van der Waals surface area contributed by atoms with Gasteiger partial charge in [0.15, 0.2) is 6.61 Å². The minimum atomic E-state index is -0.877. The summed E-state index contributed by atoms with van der Waals surface area (Å²) in [6.45, 7) is -0.351. The third-order valence-corrected chi connectivity index (χ3v) is 3.74. The van der Waals surface area contributed by atoms with Crippen LogP contribution in [-0.4, -0.2) is 18.4 Å². The van der Waals surface area contributed by atoms with E-state index in [1.54, 1.807) is 30.3 Å². The third-order valence-electron chi connectivity index (χ3n) is 3.74. The van der Waals surface area contributed by atoms with Crippen LogP contribution in [0.2, 0.25) is 0 Å². The van der Waals surface area contributed by atoms with Crippen molar-refractivity contribution < 1.29 is 27.5 Å². The highest BCUT2D eigenvalue weighted by molar-refractivity contribution is 6.01. The van der Waals surface area contributed by atoms with Gasteiger partial charge in [-0.1, -0.05) is 12.1 Å². The maximum absolute atomic E-state index is 13.6. The van der Waals surface area contributed by atoms with E-state index < -0.39 is 35.6 Å². The molecular weight excluding hydrogens is 356 g/mol. The molecule has 0 amide bonds. The number of para-hydroxylation sites is 1. The second-order valence-electron chi connectivity index (χ2n) is 5.60. The number of nitrogens with one attached hydrogen (secondary N) is 1. The Kier molecular flexibility index (Phi) is 5.61. The highest BCUT2D eigenvalue weighted by atomic mass is 19.1. The van der Waals surface area contributed by atoms with Gasteiger partial charge in [0.05, 0.1) is 23.9 Å². The maximum Gasteiger partial charge on any atom is 0.340 e. The van der Waals surface area contributed by atoms with Crippen molar-refractivity contribution in [2.75, 3.05) is 11.9 Å². The SMILES string of the molecule is O=C(COC(=O)c1ccccc1NCc1ccco1)c1cc(F)ccc1F. The molecule has 0 saturated carbocycles. The molecule has 0 atom stereocenters. The second kappa shape index (κ2) is 8.27. The van der Waals surface area contributed by atoms with E-state index >= 15 is 0 Å². The van der Waals surface area contributed by atoms with Gasteiger partial charge in [-0.05, 0) is 42.5 Å². The first kappa shape index (κ1) is 18.3. The molecule has 0 bridgehead atoms. The standard InChI is InChI=1S/C20H15F2NO4/c21-13-7-8-17(22)16(10-13)19(24)12-27-20(25)15-5-1-2-6-18(15)23-11-14-4-3-9-26-14/h1-10,23H,11-12H2. The lowest BCUT2D eigenvalue weighted by atomic mass is 10.1. The molecule has 1 aromatic heterocycles. The highest BCUT2D eigenvalue weighted by Crippen LogP contribution is 2.18. The first-order valence-corrected chi connectivity index (χ1v) is 8.05. The summed E-state index contributed by atoms with van der Waals surface area (Å²) >= 11 is 0. The maximum atomic E-state index is 13.6. The van der Waals surface area contributed by atoms with Crippen molar-refractivity contribution in [1.29, 1.82) is 0 Å². The Morgan fingerprint density at radius 3 is 2.59 bits per heavy atom. The van der Waals surface area contributed by atoms with Crippen LogP contribution in [0.1, 0.15) is 26.5 Å². The van der Waals surface area contributed by atoms with Gasteiger partial charge in [0.1, 0.15) is 17.4 Å². The van der Waals surface area contributed by atoms with Gasteiger partial charge in [-0.3, -0.25) is 4.79 Å². The van der Waals surface area contributed by atoms with Gasteiger partial charge in [0.2, 0.25) is 5.78 Å². The van der Waals surface area contributed by atoms with Crippen LogP contribution >= 0.6 is 0 Å². The fourth-order valence-corrected chi connectivity index (χ4v) is 2.41. The van der Waals surface area contributed by atoms with Crippen molar-refractivity contribution in [3.8, 4) is 0 Å². The minimum absolute atomic E-state index is 0.205. The van der Waals surface area contributed by atoms with Gasteiger partial charge < -0.3 is 14.5 Å². The van der Waals surface area contributed by atoms with Crippen LogP contribution in [0.15, 0.2) is 65.3 Å². The average molecular weight is 371 g/mol. The van der Waals surface area contributed by atoms with Gasteiger partial charge in [-0.25, -0.2) is 13.6 Å². The molecule has 0 aliphatic heterocycles.